The zero-order chi connectivity index (χ0) is 22.6. The quantitative estimate of drug-likeness (QED) is 0.352. The maximum absolute atomic E-state index is 11.6. The van der Waals surface area contributed by atoms with Crippen LogP contribution in [0.3, 0.4) is 0 Å². The van der Waals surface area contributed by atoms with E-state index in [0.717, 1.165) is 51.4 Å². The number of fused-ring (bicyclic) bond motifs is 5. The molecular formula is C25H41N3O3. The average Bonchev–Trinajstić information content (AvgIpc) is 3.07. The van der Waals surface area contributed by atoms with Gasteiger partial charge in [-0.25, -0.2) is 0 Å². The van der Waals surface area contributed by atoms with Crippen molar-refractivity contribution in [2.75, 3.05) is 0 Å². The molecule has 4 unspecified atom stereocenters. The number of hydrogen-bond donors (Lipinski definition) is 2. The molecule has 2 N–H and O–H groups in total. The van der Waals surface area contributed by atoms with E-state index >= 15 is 0 Å². The molecule has 0 heterocycles. The van der Waals surface area contributed by atoms with Gasteiger partial charge in [0.1, 0.15) is 5.78 Å². The van der Waals surface area contributed by atoms with Gasteiger partial charge in [-0.05, 0) is 110 Å². The Morgan fingerprint density at radius 3 is 2.58 bits per heavy atom. The van der Waals surface area contributed by atoms with Crippen LogP contribution in [-0.2, 0) is 4.79 Å². The van der Waals surface area contributed by atoms with Crippen LogP contribution in [0.25, 0.3) is 10.4 Å². The van der Waals surface area contributed by atoms with E-state index in [1.807, 2.05) is 0 Å². The second kappa shape index (κ2) is 8.35. The lowest BCUT2D eigenvalue weighted by molar-refractivity contribution is -0.202. The minimum Gasteiger partial charge on any atom is -0.393 e. The van der Waals surface area contributed by atoms with Crippen LogP contribution in [0.15, 0.2) is 5.11 Å². The van der Waals surface area contributed by atoms with E-state index in [-0.39, 0.29) is 40.8 Å². The number of rotatable bonds is 5. The number of aliphatic hydroxyl groups excluding tert-OH is 2. The molecule has 0 aromatic heterocycles. The van der Waals surface area contributed by atoms with E-state index in [1.54, 1.807) is 6.92 Å². The monoisotopic (exact) mass is 431 g/mol. The Morgan fingerprint density at radius 1 is 1.16 bits per heavy atom. The molecule has 4 saturated carbocycles. The number of aliphatic hydroxyl groups is 2. The van der Waals surface area contributed by atoms with Crippen LogP contribution < -0.4 is 0 Å². The summed E-state index contributed by atoms with van der Waals surface area (Å²) in [5.41, 5.74) is 8.81. The van der Waals surface area contributed by atoms with Gasteiger partial charge in [-0.3, -0.25) is 0 Å². The molecule has 0 saturated heterocycles. The summed E-state index contributed by atoms with van der Waals surface area (Å²) in [6, 6.07) is 0.0450. The van der Waals surface area contributed by atoms with Gasteiger partial charge in [-0.1, -0.05) is 25.9 Å². The van der Waals surface area contributed by atoms with E-state index < -0.39 is 0 Å². The van der Waals surface area contributed by atoms with Gasteiger partial charge in [-0.15, -0.1) is 0 Å². The van der Waals surface area contributed by atoms with Gasteiger partial charge < -0.3 is 15.0 Å². The molecule has 4 aliphatic rings. The fraction of sp³-hybridized carbons (Fsp3) is 0.960. The SMILES string of the molecule is CC(=O)CC[C@@H](C)[C@H]1CCC2C3C(C[C@H](O)[C@@]21C)[C@@]1(C)CC[C@H](N=[N+]=[N-])CC1C[C@H]3O. The van der Waals surface area contributed by atoms with Gasteiger partial charge in [0, 0.05) is 17.4 Å². The van der Waals surface area contributed by atoms with Crippen LogP contribution in [0, 0.1) is 46.3 Å². The predicted octanol–water partition coefficient (Wildman–Crippen LogP) is 5.27. The number of carbonyl (C=O) groups excluding carboxylic acids is 1. The molecule has 6 heteroatoms. The minimum atomic E-state index is -0.358. The standard InChI is InChI=1S/C25H41N3O3/c1-14(5-6-15(2)29)18-7-8-19-23-20(13-22(31)25(18,19)4)24(3)10-9-17(27-28-26)11-16(24)12-21(23)30/h14,16-23,30-31H,5-13H2,1-4H3/t14-,16?,17+,18-,19?,20?,21-,22+,23?,24+,25-/m1/s1. The van der Waals surface area contributed by atoms with Crippen LogP contribution in [0.2, 0.25) is 0 Å². The third kappa shape index (κ3) is 3.63. The van der Waals surface area contributed by atoms with E-state index in [1.165, 1.54) is 0 Å². The van der Waals surface area contributed by atoms with Crippen LogP contribution in [-0.4, -0.2) is 34.2 Å². The molecule has 4 fully saturated rings. The normalized spacial score (nSPS) is 49.9. The lowest BCUT2D eigenvalue weighted by Gasteiger charge is -2.63. The molecule has 0 aliphatic heterocycles. The zero-order valence-electron chi connectivity index (χ0n) is 19.7. The molecule has 31 heavy (non-hydrogen) atoms. The fourth-order valence-corrected chi connectivity index (χ4v) is 8.94. The first-order chi connectivity index (χ1) is 14.6. The molecule has 0 aromatic carbocycles. The van der Waals surface area contributed by atoms with E-state index in [4.69, 9.17) is 5.53 Å². The van der Waals surface area contributed by atoms with Gasteiger partial charge in [0.05, 0.1) is 12.2 Å². The number of azide groups is 1. The Hall–Kier alpha value is -1.10. The lowest BCUT2D eigenvalue weighted by atomic mass is 9.43. The van der Waals surface area contributed by atoms with Crippen molar-refractivity contribution >= 4 is 5.78 Å². The summed E-state index contributed by atoms with van der Waals surface area (Å²) in [7, 11) is 0. The average molecular weight is 432 g/mol. The van der Waals surface area contributed by atoms with Crippen molar-refractivity contribution in [3.8, 4) is 0 Å². The van der Waals surface area contributed by atoms with Crippen molar-refractivity contribution in [2.24, 2.45) is 51.5 Å². The molecule has 4 aliphatic carbocycles. The van der Waals surface area contributed by atoms with Gasteiger partial charge >= 0.3 is 0 Å². The highest BCUT2D eigenvalue weighted by atomic mass is 16.3. The second-order valence-corrected chi connectivity index (χ2v) is 11.9. The molecule has 0 spiro atoms. The Balaban J connectivity index is 1.59. The molecule has 11 atom stereocenters. The Bertz CT molecular complexity index is 752. The highest BCUT2D eigenvalue weighted by molar-refractivity contribution is 5.75. The first-order valence-electron chi connectivity index (χ1n) is 12.5. The first kappa shape index (κ1) is 23.1. The highest BCUT2D eigenvalue weighted by Gasteiger charge is 2.65. The Morgan fingerprint density at radius 2 is 1.90 bits per heavy atom. The maximum Gasteiger partial charge on any atom is 0.129 e. The molecule has 6 nitrogen and oxygen atoms in total. The summed E-state index contributed by atoms with van der Waals surface area (Å²) >= 11 is 0. The van der Waals surface area contributed by atoms with Gasteiger partial charge in [-0.2, -0.15) is 0 Å². The molecule has 0 amide bonds. The topological polar surface area (TPSA) is 106 Å². The maximum atomic E-state index is 11.6. The minimum absolute atomic E-state index is 0.0450. The fourth-order valence-electron chi connectivity index (χ4n) is 8.94. The van der Waals surface area contributed by atoms with Crippen LogP contribution in [0.1, 0.15) is 85.5 Å². The van der Waals surface area contributed by atoms with E-state index in [2.05, 4.69) is 30.8 Å². The number of ketones is 1. The van der Waals surface area contributed by atoms with Crippen molar-refractivity contribution in [1.29, 1.82) is 0 Å². The summed E-state index contributed by atoms with van der Waals surface area (Å²) in [4.78, 5) is 14.6. The van der Waals surface area contributed by atoms with Crippen molar-refractivity contribution in [1.82, 2.24) is 0 Å². The zero-order valence-corrected chi connectivity index (χ0v) is 19.7. The van der Waals surface area contributed by atoms with Crippen LogP contribution in [0.4, 0.5) is 0 Å². The summed E-state index contributed by atoms with van der Waals surface area (Å²) in [6.07, 6.45) is 7.34. The number of Topliss-reactive ketones (excluding diaryl/α,β-unsaturated/α-hetero) is 1. The second-order valence-electron chi connectivity index (χ2n) is 11.9. The van der Waals surface area contributed by atoms with Gasteiger partial charge in [0.15, 0.2) is 0 Å². The van der Waals surface area contributed by atoms with E-state index in [9.17, 15) is 15.0 Å². The van der Waals surface area contributed by atoms with Crippen molar-refractivity contribution < 1.29 is 15.0 Å². The van der Waals surface area contributed by atoms with Crippen LogP contribution in [0.5, 0.6) is 0 Å². The molecule has 174 valence electrons. The van der Waals surface area contributed by atoms with Gasteiger partial charge in [0.25, 0.3) is 0 Å². The number of nitrogens with zero attached hydrogens (tertiary/aromatic N) is 3. The van der Waals surface area contributed by atoms with E-state index in [0.29, 0.717) is 36.0 Å². The summed E-state index contributed by atoms with van der Waals surface area (Å²) in [5, 5.41) is 27.0. The van der Waals surface area contributed by atoms with Crippen LogP contribution >= 0.6 is 0 Å². The highest BCUT2D eigenvalue weighted by Crippen LogP contribution is 2.68. The Labute approximate surface area is 186 Å². The first-order valence-corrected chi connectivity index (χ1v) is 12.5. The lowest BCUT2D eigenvalue weighted by Crippen LogP contribution is -2.62. The van der Waals surface area contributed by atoms with Crippen molar-refractivity contribution in [3.05, 3.63) is 10.4 Å². The molecule has 0 aromatic rings. The third-order valence-corrected chi connectivity index (χ3v) is 10.7. The smallest absolute Gasteiger partial charge is 0.129 e. The molecular weight excluding hydrogens is 390 g/mol. The Kier molecular flexibility index (Phi) is 6.22. The molecule has 4 rings (SSSR count). The third-order valence-electron chi connectivity index (χ3n) is 10.7. The summed E-state index contributed by atoms with van der Waals surface area (Å²) in [5.74, 6) is 2.33. The van der Waals surface area contributed by atoms with Crippen molar-refractivity contribution in [2.45, 2.75) is 104 Å². The largest absolute Gasteiger partial charge is 0.393 e. The number of hydrogen-bond acceptors (Lipinski definition) is 4. The molecule has 0 radical (unpaired) electrons. The van der Waals surface area contributed by atoms with Gasteiger partial charge in [0.2, 0.25) is 0 Å². The van der Waals surface area contributed by atoms with Crippen molar-refractivity contribution in [3.63, 3.8) is 0 Å². The predicted molar refractivity (Wildman–Crippen MR) is 120 cm³/mol. The number of carbonyl (C=O) groups is 1. The summed E-state index contributed by atoms with van der Waals surface area (Å²) in [6.45, 7) is 8.58. The molecule has 0 bridgehead atoms. The summed E-state index contributed by atoms with van der Waals surface area (Å²) < 4.78 is 0.